The molecule has 210 valence electrons. The Hall–Kier alpha value is -1.89. The molecule has 0 bridgehead atoms. The summed E-state index contributed by atoms with van der Waals surface area (Å²) in [5, 5.41) is 32.0. The zero-order valence-corrected chi connectivity index (χ0v) is 23.2. The molecule has 7 heteroatoms. The van der Waals surface area contributed by atoms with E-state index in [1.54, 1.807) is 20.8 Å². The number of hydrogen-bond acceptors (Lipinski definition) is 4. The zero-order chi connectivity index (χ0) is 27.4. The number of nitrogens with zero attached hydrogens (tertiary/aromatic N) is 1. The van der Waals surface area contributed by atoms with Crippen LogP contribution in [0.25, 0.3) is 0 Å². The Balaban J connectivity index is 4.80. The van der Waals surface area contributed by atoms with Gasteiger partial charge in [0.25, 0.3) is 0 Å². The monoisotopic (exact) mass is 511 g/mol. The second-order valence-electron chi connectivity index (χ2n) is 10.2. The first-order valence-electron chi connectivity index (χ1n) is 14.4. The van der Waals surface area contributed by atoms with Crippen molar-refractivity contribution in [3.63, 3.8) is 0 Å². The molecule has 0 aromatic rings. The number of aliphatic carboxylic acids is 3. The fourth-order valence-electron chi connectivity index (χ4n) is 5.88. The van der Waals surface area contributed by atoms with Gasteiger partial charge in [0.15, 0.2) is 12.1 Å². The summed E-state index contributed by atoms with van der Waals surface area (Å²) in [6.07, 6.45) is 18.5. The third-order valence-corrected chi connectivity index (χ3v) is 7.70. The lowest BCUT2D eigenvalue weighted by molar-refractivity contribution is -0.974. The molecule has 0 saturated heterocycles. The van der Waals surface area contributed by atoms with E-state index in [1.807, 2.05) is 6.08 Å². The average Bonchev–Trinajstić information content (AvgIpc) is 2.82. The predicted molar refractivity (Wildman–Crippen MR) is 142 cm³/mol. The van der Waals surface area contributed by atoms with Gasteiger partial charge < -0.3 is 20.1 Å². The van der Waals surface area contributed by atoms with Gasteiger partial charge >= 0.3 is 11.9 Å². The predicted octanol–water partition coefficient (Wildman–Crippen LogP) is 5.71. The quantitative estimate of drug-likeness (QED) is 0.0922. The number of rotatable bonds is 25. The number of carboxylic acids is 3. The second-order valence-corrected chi connectivity index (χ2v) is 10.2. The lowest BCUT2D eigenvalue weighted by Crippen LogP contribution is -2.73. The van der Waals surface area contributed by atoms with E-state index in [2.05, 4.69) is 6.58 Å². The highest BCUT2D eigenvalue weighted by molar-refractivity contribution is 5.77. The molecule has 0 rings (SSSR count). The average molecular weight is 512 g/mol. The van der Waals surface area contributed by atoms with E-state index >= 15 is 0 Å². The number of quaternary nitrogens is 1. The van der Waals surface area contributed by atoms with Crippen LogP contribution in [-0.4, -0.2) is 57.3 Å². The number of carbonyl (C=O) groups is 3. The van der Waals surface area contributed by atoms with Crippen LogP contribution in [0.2, 0.25) is 0 Å². The lowest BCUT2D eigenvalue weighted by Gasteiger charge is -2.51. The van der Waals surface area contributed by atoms with Crippen LogP contribution in [0, 0.1) is 0 Å². The van der Waals surface area contributed by atoms with E-state index in [9.17, 15) is 29.7 Å². The Morgan fingerprint density at radius 3 is 1.28 bits per heavy atom. The van der Waals surface area contributed by atoms with E-state index in [-0.39, 0.29) is 25.8 Å². The van der Waals surface area contributed by atoms with Crippen LogP contribution in [-0.2, 0) is 14.4 Å². The van der Waals surface area contributed by atoms with E-state index in [0.29, 0.717) is 6.42 Å². The number of carbonyl (C=O) groups excluding carboxylic acids is 1. The maximum Gasteiger partial charge on any atom is 0.362 e. The smallest absolute Gasteiger partial charge is 0.362 e. The first kappa shape index (κ1) is 34.1. The van der Waals surface area contributed by atoms with Gasteiger partial charge in [-0.3, -0.25) is 4.48 Å². The number of carboxylic acid groups (broad SMARTS) is 3. The Morgan fingerprint density at radius 2 is 1.00 bits per heavy atom. The van der Waals surface area contributed by atoms with Gasteiger partial charge in [-0.1, -0.05) is 91.1 Å². The van der Waals surface area contributed by atoms with Crippen LogP contribution < -0.4 is 5.11 Å². The minimum atomic E-state index is -1.37. The van der Waals surface area contributed by atoms with Crippen molar-refractivity contribution in [1.29, 1.82) is 0 Å². The molecule has 0 saturated carbocycles. The normalized spacial score (nSPS) is 15.5. The van der Waals surface area contributed by atoms with Gasteiger partial charge in [0.05, 0.1) is 12.5 Å². The zero-order valence-electron chi connectivity index (χ0n) is 23.2. The highest BCUT2D eigenvalue weighted by Crippen LogP contribution is 2.32. The van der Waals surface area contributed by atoms with E-state index in [0.717, 1.165) is 32.1 Å². The fourth-order valence-corrected chi connectivity index (χ4v) is 5.88. The summed E-state index contributed by atoms with van der Waals surface area (Å²) in [6, 6.07) is -3.37. The second kappa shape index (κ2) is 20.2. The van der Waals surface area contributed by atoms with Crippen LogP contribution in [0.15, 0.2) is 12.7 Å². The summed E-state index contributed by atoms with van der Waals surface area (Å²) < 4.78 is -0.468. The van der Waals surface area contributed by atoms with Gasteiger partial charge in [0, 0.05) is 19.3 Å². The summed E-state index contributed by atoms with van der Waals surface area (Å²) in [4.78, 5) is 36.5. The lowest BCUT2D eigenvalue weighted by atomic mass is 9.93. The molecule has 0 aromatic carbocycles. The molecule has 0 radical (unpaired) electrons. The molecule has 0 aliphatic heterocycles. The van der Waals surface area contributed by atoms with Crippen molar-refractivity contribution in [3.05, 3.63) is 12.7 Å². The molecule has 0 spiro atoms. The van der Waals surface area contributed by atoms with Gasteiger partial charge in [0.1, 0.15) is 6.04 Å². The van der Waals surface area contributed by atoms with Crippen molar-refractivity contribution in [1.82, 2.24) is 0 Å². The molecule has 0 fully saturated rings. The fraction of sp³-hybridized carbons (Fsp3) is 0.828. The van der Waals surface area contributed by atoms with Crippen molar-refractivity contribution >= 4 is 17.9 Å². The number of hydrogen-bond donors (Lipinski definition) is 2. The van der Waals surface area contributed by atoms with E-state index in [1.165, 1.54) is 51.4 Å². The molecule has 0 aliphatic carbocycles. The van der Waals surface area contributed by atoms with Gasteiger partial charge in [-0.25, -0.2) is 9.59 Å². The first-order chi connectivity index (χ1) is 17.2. The highest BCUT2D eigenvalue weighted by atomic mass is 16.4. The van der Waals surface area contributed by atoms with Crippen molar-refractivity contribution in [2.45, 2.75) is 148 Å². The molecule has 0 heterocycles. The molecule has 0 aliphatic rings. The van der Waals surface area contributed by atoms with Gasteiger partial charge in [-0.05, 0) is 25.7 Å². The third kappa shape index (κ3) is 11.4. The SMILES string of the molecule is C=CCCCCCCCCCCCCCCC[N+](C(CC)C(=O)[O-])(C(CC)C(=O)O)C(CC)C(=O)O. The third-order valence-electron chi connectivity index (χ3n) is 7.70. The molecular formula is C29H53NO6. The highest BCUT2D eigenvalue weighted by Gasteiger charge is 2.53. The Kier molecular flexibility index (Phi) is 19.1. The largest absolute Gasteiger partial charge is 0.544 e. The summed E-state index contributed by atoms with van der Waals surface area (Å²) in [5.74, 6) is -3.66. The van der Waals surface area contributed by atoms with Gasteiger partial charge in [-0.15, -0.1) is 6.58 Å². The molecule has 3 atom stereocenters. The van der Waals surface area contributed by atoms with Gasteiger partial charge in [0.2, 0.25) is 0 Å². The minimum absolute atomic E-state index is 0.130. The van der Waals surface area contributed by atoms with E-state index < -0.39 is 40.5 Å². The Bertz CT molecular complexity index is 580. The first-order valence-corrected chi connectivity index (χ1v) is 14.4. The Labute approximate surface area is 219 Å². The maximum atomic E-state index is 12.2. The van der Waals surface area contributed by atoms with Crippen molar-refractivity contribution in [2.75, 3.05) is 6.54 Å². The van der Waals surface area contributed by atoms with Crippen molar-refractivity contribution in [3.8, 4) is 0 Å². The van der Waals surface area contributed by atoms with Crippen LogP contribution >= 0.6 is 0 Å². The summed E-state index contributed by atoms with van der Waals surface area (Å²) >= 11 is 0. The Morgan fingerprint density at radius 1 is 0.667 bits per heavy atom. The van der Waals surface area contributed by atoms with Crippen LogP contribution in [0.5, 0.6) is 0 Å². The molecule has 0 amide bonds. The summed E-state index contributed by atoms with van der Waals surface area (Å²) in [6.45, 7) is 9.01. The number of allylic oxidation sites excluding steroid dienone is 1. The molecule has 7 nitrogen and oxygen atoms in total. The summed E-state index contributed by atoms with van der Waals surface area (Å²) in [5.41, 5.74) is 0. The minimum Gasteiger partial charge on any atom is -0.544 e. The number of unbranched alkanes of at least 4 members (excludes halogenated alkanes) is 13. The van der Waals surface area contributed by atoms with Crippen molar-refractivity contribution < 1.29 is 34.2 Å². The molecule has 0 aromatic heterocycles. The molecule has 2 N–H and O–H groups in total. The van der Waals surface area contributed by atoms with Crippen molar-refractivity contribution in [2.24, 2.45) is 0 Å². The maximum absolute atomic E-state index is 12.2. The molecular weight excluding hydrogens is 458 g/mol. The standard InChI is InChI=1S/C29H53NO6/c1-5-9-10-11-12-13-14-15-16-17-18-19-20-21-22-23-30(24(6-2)27(31)32,25(7-3)28(33)34)26(8-4)29(35)36/h5,24-26H,1,6-23H2,2-4H3,(H2-,31,32,33,34,35,36). The van der Waals surface area contributed by atoms with E-state index in [4.69, 9.17) is 0 Å². The van der Waals surface area contributed by atoms with Crippen LogP contribution in [0.3, 0.4) is 0 Å². The van der Waals surface area contributed by atoms with Crippen LogP contribution in [0.1, 0.15) is 130 Å². The molecule has 3 unspecified atom stereocenters. The molecule has 36 heavy (non-hydrogen) atoms. The van der Waals surface area contributed by atoms with Gasteiger partial charge in [-0.2, -0.15) is 0 Å². The topological polar surface area (TPSA) is 115 Å². The van der Waals surface area contributed by atoms with Crippen LogP contribution in [0.4, 0.5) is 0 Å². The summed E-state index contributed by atoms with van der Waals surface area (Å²) in [7, 11) is 0.